The summed E-state index contributed by atoms with van der Waals surface area (Å²) in [7, 11) is 0. The number of carbonyl (C=O) groups is 3. The number of rotatable bonds is 13. The van der Waals surface area contributed by atoms with Gasteiger partial charge in [-0.05, 0) is 66.5 Å². The van der Waals surface area contributed by atoms with Crippen LogP contribution in [0, 0.1) is 12.8 Å². The van der Waals surface area contributed by atoms with Crippen LogP contribution in [0.3, 0.4) is 0 Å². The Balaban J connectivity index is 0.000000402. The van der Waals surface area contributed by atoms with Crippen molar-refractivity contribution in [1.29, 1.82) is 0 Å². The number of carbonyl (C=O) groups excluding carboxylic acids is 3. The first-order chi connectivity index (χ1) is 22.4. The number of aryl methyl sites for hydroxylation is 2. The molecule has 0 radical (unpaired) electrons. The van der Waals surface area contributed by atoms with Gasteiger partial charge in [0, 0.05) is 36.0 Å². The monoisotopic (exact) mass is 618 g/mol. The molecule has 4 aromatic carbocycles. The number of nitrogens with one attached hydrogen (secondary N) is 4. The lowest BCUT2D eigenvalue weighted by Crippen LogP contribution is -2.41. The van der Waals surface area contributed by atoms with Crippen LogP contribution in [0.1, 0.15) is 36.0 Å². The van der Waals surface area contributed by atoms with Gasteiger partial charge in [0.2, 0.25) is 17.7 Å². The molecule has 46 heavy (non-hydrogen) atoms. The predicted octanol–water partition coefficient (Wildman–Crippen LogP) is 6.14. The van der Waals surface area contributed by atoms with Crippen molar-refractivity contribution in [1.82, 2.24) is 21.1 Å². The molecule has 5 N–H and O–H groups in total. The molecule has 5 rings (SSSR count). The predicted molar refractivity (Wildman–Crippen MR) is 182 cm³/mol. The highest BCUT2D eigenvalue weighted by Crippen LogP contribution is 2.21. The number of hydrogen-bond donors (Lipinski definition) is 5. The molecule has 0 aliphatic rings. The van der Waals surface area contributed by atoms with Gasteiger partial charge < -0.3 is 15.6 Å². The van der Waals surface area contributed by atoms with Crippen LogP contribution in [0.25, 0.3) is 22.0 Å². The number of hydrogen-bond acceptors (Lipinski definition) is 4. The third-order valence-corrected chi connectivity index (χ3v) is 7.80. The minimum Gasteiger partial charge on any atom is -0.361 e. The zero-order valence-electron chi connectivity index (χ0n) is 26.2. The first-order valence-corrected chi connectivity index (χ1v) is 15.6. The fourth-order valence-corrected chi connectivity index (χ4v) is 5.22. The Morgan fingerprint density at radius 3 is 2.04 bits per heavy atom. The van der Waals surface area contributed by atoms with Crippen molar-refractivity contribution in [2.45, 2.75) is 39.0 Å². The molecule has 1 atom stereocenters. The van der Waals surface area contributed by atoms with Crippen LogP contribution in [0.4, 0.5) is 0 Å². The molecule has 0 saturated carbocycles. The largest absolute Gasteiger partial charge is 0.361 e. The summed E-state index contributed by atoms with van der Waals surface area (Å²) in [4.78, 5) is 39.7. The summed E-state index contributed by atoms with van der Waals surface area (Å²) < 4.78 is 0. The van der Waals surface area contributed by atoms with Crippen LogP contribution < -0.4 is 16.1 Å². The van der Waals surface area contributed by atoms with Gasteiger partial charge in [-0.15, -0.1) is 0 Å². The Morgan fingerprint density at radius 1 is 0.717 bits per heavy atom. The molecule has 0 spiro atoms. The molecule has 0 aliphatic heterocycles. The average molecular weight is 619 g/mol. The van der Waals surface area contributed by atoms with E-state index in [-0.39, 0.29) is 24.8 Å². The molecule has 5 aromatic rings. The van der Waals surface area contributed by atoms with Crippen molar-refractivity contribution < 1.29 is 19.6 Å². The second-order valence-electron chi connectivity index (χ2n) is 11.2. The number of fused-ring (bicyclic) bond motifs is 1. The molecular formula is C38H42N4O4. The molecule has 238 valence electrons. The van der Waals surface area contributed by atoms with Gasteiger partial charge in [-0.25, -0.2) is 5.48 Å². The lowest BCUT2D eigenvalue weighted by atomic mass is 9.94. The van der Waals surface area contributed by atoms with E-state index >= 15 is 0 Å². The fourth-order valence-electron chi connectivity index (χ4n) is 5.22. The quantitative estimate of drug-likeness (QED) is 0.0804. The van der Waals surface area contributed by atoms with E-state index < -0.39 is 11.8 Å². The zero-order valence-corrected chi connectivity index (χ0v) is 26.2. The summed E-state index contributed by atoms with van der Waals surface area (Å²) in [6.07, 6.45) is 4.47. The first kappa shape index (κ1) is 33.7. The summed E-state index contributed by atoms with van der Waals surface area (Å²) in [5.74, 6) is -1.94. The summed E-state index contributed by atoms with van der Waals surface area (Å²) in [5.41, 5.74) is 8.67. The average Bonchev–Trinajstić information content (AvgIpc) is 3.48. The third-order valence-electron chi connectivity index (χ3n) is 7.80. The maximum absolute atomic E-state index is 12.7. The fraction of sp³-hybridized carbons (Fsp3) is 0.237. The number of aromatic amines is 1. The Kier molecular flexibility index (Phi) is 13.1. The standard InChI is InChI=1S/C29H33N3O4.C9H9N/c33-27(32-36)20-26(29(35)31-21-28(34)30-19-18-22-8-3-1-4-9-22)13-7-10-23-14-16-25(17-15-23)24-11-5-2-6-12-24;1-7-6-10-9-5-3-2-4-8(7)9/h1-6,8-9,11-12,14-17,26,36H,7,10,13,18-21H2,(H,30,34)(H,31,35)(H,32,33);2-6,10H,1H3. The molecule has 0 fully saturated rings. The maximum Gasteiger partial charge on any atom is 0.244 e. The molecule has 0 saturated heterocycles. The van der Waals surface area contributed by atoms with Crippen LogP contribution in [0.2, 0.25) is 0 Å². The van der Waals surface area contributed by atoms with E-state index in [1.165, 1.54) is 16.5 Å². The van der Waals surface area contributed by atoms with Gasteiger partial charge in [-0.3, -0.25) is 19.6 Å². The highest BCUT2D eigenvalue weighted by Gasteiger charge is 2.22. The van der Waals surface area contributed by atoms with Gasteiger partial charge in [-0.2, -0.15) is 0 Å². The van der Waals surface area contributed by atoms with Crippen molar-refractivity contribution >= 4 is 28.6 Å². The summed E-state index contributed by atoms with van der Waals surface area (Å²) in [6.45, 7) is 2.42. The molecule has 8 nitrogen and oxygen atoms in total. The highest BCUT2D eigenvalue weighted by molar-refractivity contribution is 5.88. The van der Waals surface area contributed by atoms with E-state index in [1.54, 1.807) is 5.48 Å². The lowest BCUT2D eigenvalue weighted by molar-refractivity contribution is -0.135. The maximum atomic E-state index is 12.7. The molecule has 1 aromatic heterocycles. The zero-order chi connectivity index (χ0) is 32.6. The van der Waals surface area contributed by atoms with E-state index in [0.29, 0.717) is 25.8 Å². The number of amides is 3. The summed E-state index contributed by atoms with van der Waals surface area (Å²) in [6, 6.07) is 36.5. The Bertz CT molecular complexity index is 1670. The number of aromatic nitrogens is 1. The van der Waals surface area contributed by atoms with E-state index in [1.807, 2.05) is 60.8 Å². The Morgan fingerprint density at radius 2 is 1.35 bits per heavy atom. The number of hydroxylamine groups is 1. The van der Waals surface area contributed by atoms with Gasteiger partial charge in [-0.1, -0.05) is 103 Å². The Hall–Kier alpha value is -5.21. The smallest absolute Gasteiger partial charge is 0.244 e. The van der Waals surface area contributed by atoms with Gasteiger partial charge in [0.05, 0.1) is 6.54 Å². The number of para-hydroxylation sites is 1. The van der Waals surface area contributed by atoms with Crippen LogP contribution in [-0.2, 0) is 27.2 Å². The molecular weight excluding hydrogens is 576 g/mol. The number of benzene rings is 4. The SMILES string of the molecule is Cc1c[nH]c2ccccc12.O=C(CC(CCCc1ccc(-c2ccccc2)cc1)C(=O)NCC(=O)NCCc1ccccc1)NO. The normalized spacial score (nSPS) is 11.2. The molecule has 3 amide bonds. The van der Waals surface area contributed by atoms with Crippen molar-refractivity contribution in [2.75, 3.05) is 13.1 Å². The van der Waals surface area contributed by atoms with Gasteiger partial charge in [0.25, 0.3) is 0 Å². The first-order valence-electron chi connectivity index (χ1n) is 15.6. The van der Waals surface area contributed by atoms with Crippen molar-refractivity contribution in [3.63, 3.8) is 0 Å². The highest BCUT2D eigenvalue weighted by atomic mass is 16.5. The van der Waals surface area contributed by atoms with E-state index in [9.17, 15) is 14.4 Å². The van der Waals surface area contributed by atoms with Gasteiger partial charge in [0.1, 0.15) is 0 Å². The van der Waals surface area contributed by atoms with E-state index in [2.05, 4.69) is 77.1 Å². The van der Waals surface area contributed by atoms with Gasteiger partial charge in [0.15, 0.2) is 0 Å². The molecule has 0 bridgehead atoms. The van der Waals surface area contributed by atoms with Gasteiger partial charge >= 0.3 is 0 Å². The van der Waals surface area contributed by atoms with Crippen LogP contribution in [0.5, 0.6) is 0 Å². The van der Waals surface area contributed by atoms with Crippen molar-refractivity contribution in [3.8, 4) is 11.1 Å². The second-order valence-corrected chi connectivity index (χ2v) is 11.2. The second kappa shape index (κ2) is 17.9. The summed E-state index contributed by atoms with van der Waals surface area (Å²) in [5, 5.41) is 15.6. The molecule has 1 unspecified atom stereocenters. The molecule has 8 heteroatoms. The van der Waals surface area contributed by atoms with E-state index in [0.717, 1.165) is 28.7 Å². The van der Waals surface area contributed by atoms with E-state index in [4.69, 9.17) is 5.21 Å². The third kappa shape index (κ3) is 10.7. The molecule has 1 heterocycles. The minimum absolute atomic E-state index is 0.148. The van der Waals surface area contributed by atoms with Crippen LogP contribution in [0.15, 0.2) is 115 Å². The molecule has 0 aliphatic carbocycles. The van der Waals surface area contributed by atoms with Crippen molar-refractivity contribution in [3.05, 3.63) is 132 Å². The minimum atomic E-state index is -0.641. The topological polar surface area (TPSA) is 123 Å². The van der Waals surface area contributed by atoms with Crippen molar-refractivity contribution in [2.24, 2.45) is 5.92 Å². The lowest BCUT2D eigenvalue weighted by Gasteiger charge is -2.16. The van der Waals surface area contributed by atoms with Crippen LogP contribution in [-0.4, -0.2) is 41.0 Å². The number of H-pyrrole nitrogens is 1. The summed E-state index contributed by atoms with van der Waals surface area (Å²) >= 11 is 0. The Labute approximate surface area is 270 Å². The van der Waals surface area contributed by atoms with Crippen LogP contribution >= 0.6 is 0 Å².